The van der Waals surface area contributed by atoms with Crippen molar-refractivity contribution >= 4 is 12.0 Å². The average molecular weight is 210 g/mol. The molecule has 1 N–H and O–H groups in total. The average Bonchev–Trinajstić information content (AvgIpc) is 2.86. The molecule has 0 bridgehead atoms. The van der Waals surface area contributed by atoms with Crippen molar-refractivity contribution in [1.29, 1.82) is 0 Å². The van der Waals surface area contributed by atoms with Crippen molar-refractivity contribution in [2.75, 3.05) is 18.0 Å². The summed E-state index contributed by atoms with van der Waals surface area (Å²) in [5.41, 5.74) is 0. The molecule has 0 saturated carbocycles. The predicted molar refractivity (Wildman–Crippen MR) is 54.0 cm³/mol. The number of rotatable bonds is 3. The van der Waals surface area contributed by atoms with E-state index in [9.17, 15) is 4.79 Å². The summed E-state index contributed by atoms with van der Waals surface area (Å²) < 4.78 is 5.42. The molecular weight excluding hydrogens is 196 g/mol. The fourth-order valence-electron chi connectivity index (χ4n) is 1.65. The summed E-state index contributed by atoms with van der Waals surface area (Å²) in [6, 6.07) is 0.551. The van der Waals surface area contributed by atoms with Crippen LogP contribution in [0.15, 0.2) is 10.6 Å². The minimum Gasteiger partial charge on any atom is -0.481 e. The molecule has 1 aliphatic rings. The molecule has 5 heteroatoms. The summed E-state index contributed by atoms with van der Waals surface area (Å²) >= 11 is 0. The van der Waals surface area contributed by atoms with Crippen LogP contribution in [0, 0.1) is 0 Å². The zero-order valence-electron chi connectivity index (χ0n) is 8.64. The number of aromatic nitrogens is 1. The van der Waals surface area contributed by atoms with Crippen LogP contribution in [-0.2, 0) is 4.79 Å². The number of carboxylic acids is 1. The number of hydrogen-bond acceptors (Lipinski definition) is 4. The monoisotopic (exact) mass is 210 g/mol. The molecule has 2 rings (SSSR count). The van der Waals surface area contributed by atoms with Gasteiger partial charge in [-0.2, -0.15) is 0 Å². The maximum atomic E-state index is 10.7. The Kier molecular flexibility index (Phi) is 2.62. The number of anilines is 1. The summed E-state index contributed by atoms with van der Waals surface area (Å²) in [7, 11) is 0. The Labute approximate surface area is 87.7 Å². The summed E-state index contributed by atoms with van der Waals surface area (Å²) in [5, 5.41) is 8.81. The highest BCUT2D eigenvalue weighted by atomic mass is 16.4. The van der Waals surface area contributed by atoms with Gasteiger partial charge in [-0.3, -0.25) is 4.79 Å². The van der Waals surface area contributed by atoms with Crippen LogP contribution < -0.4 is 4.90 Å². The fourth-order valence-corrected chi connectivity index (χ4v) is 1.65. The molecule has 1 aliphatic heterocycles. The van der Waals surface area contributed by atoms with E-state index in [0.29, 0.717) is 11.8 Å². The number of oxazole rings is 1. The van der Waals surface area contributed by atoms with Crippen LogP contribution in [0.4, 0.5) is 6.01 Å². The topological polar surface area (TPSA) is 66.6 Å². The standard InChI is InChI=1S/C10H14N2O3/c1-7(9(13)14)8-6-11-10(15-8)12-4-2-3-5-12/h6-7H,2-5H2,1H3,(H,13,14). The van der Waals surface area contributed by atoms with Crippen molar-refractivity contribution in [3.8, 4) is 0 Å². The molecule has 1 unspecified atom stereocenters. The van der Waals surface area contributed by atoms with Gasteiger partial charge in [-0.25, -0.2) is 4.98 Å². The number of aliphatic carboxylic acids is 1. The van der Waals surface area contributed by atoms with Crippen LogP contribution in [-0.4, -0.2) is 29.1 Å². The summed E-state index contributed by atoms with van der Waals surface area (Å²) in [4.78, 5) is 16.9. The third-order valence-corrected chi connectivity index (χ3v) is 2.69. The van der Waals surface area contributed by atoms with Crippen molar-refractivity contribution in [2.24, 2.45) is 0 Å². The first kappa shape index (κ1) is 10.0. The Bertz CT molecular complexity index is 355. The molecule has 0 spiro atoms. The SMILES string of the molecule is CC(C(=O)O)c1cnc(N2CCCC2)o1. The van der Waals surface area contributed by atoms with Gasteiger partial charge in [-0.15, -0.1) is 0 Å². The second kappa shape index (κ2) is 3.92. The van der Waals surface area contributed by atoms with Crippen LogP contribution in [0.25, 0.3) is 0 Å². The van der Waals surface area contributed by atoms with Crippen molar-refractivity contribution in [3.63, 3.8) is 0 Å². The van der Waals surface area contributed by atoms with Crippen LogP contribution in [0.5, 0.6) is 0 Å². The van der Waals surface area contributed by atoms with E-state index in [0.717, 1.165) is 25.9 Å². The highest BCUT2D eigenvalue weighted by molar-refractivity contribution is 5.74. The normalized spacial score (nSPS) is 18.1. The molecule has 0 aromatic carbocycles. The molecule has 0 amide bonds. The van der Waals surface area contributed by atoms with E-state index in [-0.39, 0.29) is 0 Å². The molecule has 82 valence electrons. The van der Waals surface area contributed by atoms with Gasteiger partial charge in [0.05, 0.1) is 6.20 Å². The third kappa shape index (κ3) is 1.95. The second-order valence-corrected chi connectivity index (χ2v) is 3.80. The molecule has 1 aromatic rings. The van der Waals surface area contributed by atoms with Crippen molar-refractivity contribution in [3.05, 3.63) is 12.0 Å². The van der Waals surface area contributed by atoms with Gasteiger partial charge >= 0.3 is 5.97 Å². The molecule has 0 radical (unpaired) electrons. The highest BCUT2D eigenvalue weighted by Gasteiger charge is 2.22. The second-order valence-electron chi connectivity index (χ2n) is 3.80. The van der Waals surface area contributed by atoms with E-state index in [1.54, 1.807) is 6.92 Å². The summed E-state index contributed by atoms with van der Waals surface area (Å²) in [6.45, 7) is 3.49. The molecule has 1 saturated heterocycles. The lowest BCUT2D eigenvalue weighted by Gasteiger charge is -2.11. The Morgan fingerprint density at radius 2 is 2.27 bits per heavy atom. The smallest absolute Gasteiger partial charge is 0.313 e. The predicted octanol–water partition coefficient (Wildman–Crippen LogP) is 1.46. The molecule has 5 nitrogen and oxygen atoms in total. The summed E-state index contributed by atoms with van der Waals surface area (Å²) in [5.74, 6) is -1.10. The van der Waals surface area contributed by atoms with Crippen LogP contribution in [0.1, 0.15) is 31.4 Å². The van der Waals surface area contributed by atoms with Crippen LogP contribution in [0.3, 0.4) is 0 Å². The fraction of sp³-hybridized carbons (Fsp3) is 0.600. The lowest BCUT2D eigenvalue weighted by molar-refractivity contribution is -0.138. The van der Waals surface area contributed by atoms with E-state index < -0.39 is 11.9 Å². The van der Waals surface area contributed by atoms with E-state index >= 15 is 0 Å². The van der Waals surface area contributed by atoms with Crippen molar-refractivity contribution < 1.29 is 14.3 Å². The number of carbonyl (C=O) groups is 1. The van der Waals surface area contributed by atoms with Gasteiger partial charge in [0, 0.05) is 13.1 Å². The van der Waals surface area contributed by atoms with E-state index in [2.05, 4.69) is 4.98 Å². The van der Waals surface area contributed by atoms with E-state index in [1.165, 1.54) is 6.20 Å². The van der Waals surface area contributed by atoms with Gasteiger partial charge in [-0.1, -0.05) is 0 Å². The van der Waals surface area contributed by atoms with Gasteiger partial charge < -0.3 is 14.4 Å². The van der Waals surface area contributed by atoms with Gasteiger partial charge in [0.1, 0.15) is 11.7 Å². The highest BCUT2D eigenvalue weighted by Crippen LogP contribution is 2.23. The number of nitrogens with zero attached hydrogens (tertiary/aromatic N) is 2. The number of carboxylic acid groups (broad SMARTS) is 1. The first-order chi connectivity index (χ1) is 7.18. The molecule has 2 heterocycles. The van der Waals surface area contributed by atoms with Gasteiger partial charge in [0.2, 0.25) is 0 Å². The van der Waals surface area contributed by atoms with Crippen LogP contribution in [0.2, 0.25) is 0 Å². The maximum absolute atomic E-state index is 10.7. The minimum atomic E-state index is -0.890. The van der Waals surface area contributed by atoms with E-state index in [1.807, 2.05) is 4.90 Å². The Balaban J connectivity index is 2.12. The molecule has 1 atom stereocenters. The Morgan fingerprint density at radius 1 is 1.60 bits per heavy atom. The largest absolute Gasteiger partial charge is 0.481 e. The minimum absolute atomic E-state index is 0.421. The molecule has 1 aromatic heterocycles. The van der Waals surface area contributed by atoms with Crippen molar-refractivity contribution in [2.45, 2.75) is 25.7 Å². The van der Waals surface area contributed by atoms with Crippen molar-refractivity contribution in [1.82, 2.24) is 4.98 Å². The molecule has 15 heavy (non-hydrogen) atoms. The molecule has 1 fully saturated rings. The molecule has 0 aliphatic carbocycles. The van der Waals surface area contributed by atoms with E-state index in [4.69, 9.17) is 9.52 Å². The lowest BCUT2D eigenvalue weighted by atomic mass is 10.1. The third-order valence-electron chi connectivity index (χ3n) is 2.69. The van der Waals surface area contributed by atoms with Gasteiger partial charge in [-0.05, 0) is 19.8 Å². The zero-order valence-corrected chi connectivity index (χ0v) is 8.64. The Morgan fingerprint density at radius 3 is 2.87 bits per heavy atom. The first-order valence-electron chi connectivity index (χ1n) is 5.12. The molecular formula is C10H14N2O3. The van der Waals surface area contributed by atoms with Gasteiger partial charge in [0.15, 0.2) is 0 Å². The lowest BCUT2D eigenvalue weighted by Crippen LogP contribution is -2.17. The zero-order chi connectivity index (χ0) is 10.8. The van der Waals surface area contributed by atoms with Crippen LogP contribution >= 0.6 is 0 Å². The Hall–Kier alpha value is -1.52. The van der Waals surface area contributed by atoms with Gasteiger partial charge in [0.25, 0.3) is 6.01 Å². The first-order valence-corrected chi connectivity index (χ1v) is 5.12. The summed E-state index contributed by atoms with van der Waals surface area (Å²) in [6.07, 6.45) is 3.80. The maximum Gasteiger partial charge on any atom is 0.313 e. The number of hydrogen-bond donors (Lipinski definition) is 1. The quantitative estimate of drug-likeness (QED) is 0.818.